The van der Waals surface area contributed by atoms with E-state index in [0.717, 1.165) is 44.9 Å². The number of rotatable bonds is 10. The molecule has 0 saturated heterocycles. The van der Waals surface area contributed by atoms with Gasteiger partial charge in [-0.2, -0.15) is 0 Å². The van der Waals surface area contributed by atoms with Crippen molar-refractivity contribution in [3.05, 3.63) is 0 Å². The van der Waals surface area contributed by atoms with Gasteiger partial charge in [-0.1, -0.05) is 26.7 Å². The van der Waals surface area contributed by atoms with E-state index in [4.69, 9.17) is 0 Å². The highest BCUT2D eigenvalue weighted by Crippen LogP contribution is 2.14. The summed E-state index contributed by atoms with van der Waals surface area (Å²) in [7, 11) is 0. The van der Waals surface area contributed by atoms with Crippen LogP contribution in [-0.2, 0) is 9.59 Å². The fourth-order valence-corrected chi connectivity index (χ4v) is 1.97. The molecule has 0 aromatic rings. The van der Waals surface area contributed by atoms with Crippen molar-refractivity contribution < 1.29 is 9.59 Å². The van der Waals surface area contributed by atoms with E-state index in [-0.39, 0.29) is 11.7 Å². The summed E-state index contributed by atoms with van der Waals surface area (Å²) in [5, 5.41) is 0. The first-order valence-electron chi connectivity index (χ1n) is 6.63. The molecule has 0 aromatic carbocycles. The van der Waals surface area contributed by atoms with Gasteiger partial charge in [0.25, 0.3) is 0 Å². The fourth-order valence-electron chi connectivity index (χ4n) is 1.97. The topological polar surface area (TPSA) is 34.1 Å². The first-order valence-corrected chi connectivity index (χ1v) is 6.63. The highest BCUT2D eigenvalue weighted by molar-refractivity contribution is 5.80. The second-order valence-corrected chi connectivity index (χ2v) is 4.60. The van der Waals surface area contributed by atoms with Gasteiger partial charge in [0.1, 0.15) is 11.6 Å². The van der Waals surface area contributed by atoms with Crippen molar-refractivity contribution in [2.75, 3.05) is 0 Å². The Labute approximate surface area is 99.8 Å². The number of ketones is 2. The van der Waals surface area contributed by atoms with Crippen LogP contribution in [0.25, 0.3) is 0 Å². The minimum absolute atomic E-state index is 0.271. The standard InChI is InChI=1S/C14H26O2/c1-4-13(5-2)14(16)11-9-7-6-8-10-12(3)15/h13H,4-11H2,1-3H3. The van der Waals surface area contributed by atoms with Crippen LogP contribution in [0.4, 0.5) is 0 Å². The Balaban J connectivity index is 3.44. The summed E-state index contributed by atoms with van der Waals surface area (Å²) < 4.78 is 0. The largest absolute Gasteiger partial charge is 0.300 e. The maximum atomic E-state index is 11.7. The number of Topliss-reactive ketones (excluding diaryl/α,β-unsaturated/α-hetero) is 2. The molecule has 94 valence electrons. The summed E-state index contributed by atoms with van der Waals surface area (Å²) in [6.45, 7) is 5.80. The monoisotopic (exact) mass is 226 g/mol. The van der Waals surface area contributed by atoms with Crippen molar-refractivity contribution in [2.24, 2.45) is 5.92 Å². The minimum atomic E-state index is 0.271. The molecule has 0 aliphatic heterocycles. The van der Waals surface area contributed by atoms with Crippen LogP contribution in [0.15, 0.2) is 0 Å². The molecule has 2 heteroatoms. The lowest BCUT2D eigenvalue weighted by molar-refractivity contribution is -0.123. The van der Waals surface area contributed by atoms with Gasteiger partial charge in [-0.25, -0.2) is 0 Å². The average molecular weight is 226 g/mol. The van der Waals surface area contributed by atoms with Crippen LogP contribution in [0.5, 0.6) is 0 Å². The molecular formula is C14H26O2. The Morgan fingerprint density at radius 2 is 1.38 bits per heavy atom. The van der Waals surface area contributed by atoms with Crippen molar-refractivity contribution >= 4 is 11.6 Å². The normalized spacial score (nSPS) is 10.8. The van der Waals surface area contributed by atoms with Crippen LogP contribution in [0, 0.1) is 5.92 Å². The van der Waals surface area contributed by atoms with E-state index < -0.39 is 0 Å². The van der Waals surface area contributed by atoms with Gasteiger partial charge in [0.15, 0.2) is 0 Å². The molecule has 0 atom stereocenters. The third kappa shape index (κ3) is 7.61. The zero-order valence-corrected chi connectivity index (χ0v) is 11.1. The zero-order chi connectivity index (χ0) is 12.4. The Hall–Kier alpha value is -0.660. The van der Waals surface area contributed by atoms with E-state index in [0.29, 0.717) is 12.2 Å². The molecule has 0 saturated carbocycles. The molecule has 2 nitrogen and oxygen atoms in total. The van der Waals surface area contributed by atoms with Crippen molar-refractivity contribution in [3.63, 3.8) is 0 Å². The molecule has 0 bridgehead atoms. The second kappa shape index (κ2) is 9.56. The van der Waals surface area contributed by atoms with E-state index >= 15 is 0 Å². The predicted molar refractivity (Wildman–Crippen MR) is 67.5 cm³/mol. The maximum Gasteiger partial charge on any atom is 0.135 e. The van der Waals surface area contributed by atoms with Crippen molar-refractivity contribution in [2.45, 2.75) is 72.1 Å². The Morgan fingerprint density at radius 1 is 0.875 bits per heavy atom. The highest BCUT2D eigenvalue weighted by Gasteiger charge is 2.12. The number of unbranched alkanes of at least 4 members (excludes halogenated alkanes) is 3. The molecule has 0 spiro atoms. The number of carbonyl (C=O) groups is 2. The van der Waals surface area contributed by atoms with Crippen molar-refractivity contribution in [1.82, 2.24) is 0 Å². The molecule has 0 N–H and O–H groups in total. The minimum Gasteiger partial charge on any atom is -0.300 e. The smallest absolute Gasteiger partial charge is 0.135 e. The van der Waals surface area contributed by atoms with E-state index in [1.165, 1.54) is 0 Å². The molecular weight excluding hydrogens is 200 g/mol. The molecule has 0 aromatic heterocycles. The summed E-state index contributed by atoms with van der Waals surface area (Å²) in [6, 6.07) is 0. The fraction of sp³-hybridized carbons (Fsp3) is 0.857. The van der Waals surface area contributed by atoms with Gasteiger partial charge >= 0.3 is 0 Å². The molecule has 16 heavy (non-hydrogen) atoms. The first-order chi connectivity index (χ1) is 7.61. The van der Waals surface area contributed by atoms with Crippen LogP contribution < -0.4 is 0 Å². The summed E-state index contributed by atoms with van der Waals surface area (Å²) in [6.07, 6.45) is 7.50. The van der Waals surface area contributed by atoms with E-state index in [2.05, 4.69) is 13.8 Å². The average Bonchev–Trinajstić information content (AvgIpc) is 2.24. The van der Waals surface area contributed by atoms with E-state index in [9.17, 15) is 9.59 Å². The summed E-state index contributed by atoms with van der Waals surface area (Å²) >= 11 is 0. The molecule has 0 heterocycles. The Morgan fingerprint density at radius 3 is 1.81 bits per heavy atom. The lowest BCUT2D eigenvalue weighted by atomic mass is 9.94. The molecule has 0 radical (unpaired) electrons. The molecule has 0 rings (SSSR count). The van der Waals surface area contributed by atoms with Crippen molar-refractivity contribution in [3.8, 4) is 0 Å². The van der Waals surface area contributed by atoms with Crippen LogP contribution in [0.2, 0.25) is 0 Å². The van der Waals surface area contributed by atoms with Gasteiger partial charge in [-0.15, -0.1) is 0 Å². The Kier molecular flexibility index (Phi) is 9.16. The van der Waals surface area contributed by atoms with Gasteiger partial charge in [-0.05, 0) is 32.6 Å². The summed E-state index contributed by atoms with van der Waals surface area (Å²) in [5.41, 5.74) is 0. The van der Waals surface area contributed by atoms with Crippen molar-refractivity contribution in [1.29, 1.82) is 0 Å². The third-order valence-electron chi connectivity index (χ3n) is 3.14. The zero-order valence-electron chi connectivity index (χ0n) is 11.1. The van der Waals surface area contributed by atoms with Gasteiger partial charge in [0.2, 0.25) is 0 Å². The molecule has 0 aliphatic rings. The van der Waals surface area contributed by atoms with Crippen LogP contribution in [-0.4, -0.2) is 11.6 Å². The van der Waals surface area contributed by atoms with Crippen LogP contribution >= 0.6 is 0 Å². The molecule has 0 fully saturated rings. The summed E-state index contributed by atoms with van der Waals surface area (Å²) in [5.74, 6) is 0.974. The number of hydrogen-bond acceptors (Lipinski definition) is 2. The molecule has 0 aliphatic carbocycles. The highest BCUT2D eigenvalue weighted by atomic mass is 16.1. The lowest BCUT2D eigenvalue weighted by Gasteiger charge is -2.10. The maximum absolute atomic E-state index is 11.7. The SMILES string of the molecule is CCC(CC)C(=O)CCCCCCC(C)=O. The number of hydrogen-bond donors (Lipinski definition) is 0. The van der Waals surface area contributed by atoms with Gasteiger partial charge in [0.05, 0.1) is 0 Å². The van der Waals surface area contributed by atoms with Crippen LogP contribution in [0.1, 0.15) is 72.1 Å². The first kappa shape index (κ1) is 15.3. The summed E-state index contributed by atoms with van der Waals surface area (Å²) in [4.78, 5) is 22.4. The van der Waals surface area contributed by atoms with E-state index in [1.807, 2.05) is 0 Å². The molecule has 0 amide bonds. The molecule has 0 unspecified atom stereocenters. The van der Waals surface area contributed by atoms with E-state index in [1.54, 1.807) is 6.92 Å². The lowest BCUT2D eigenvalue weighted by Crippen LogP contribution is -2.12. The van der Waals surface area contributed by atoms with Gasteiger partial charge < -0.3 is 4.79 Å². The third-order valence-corrected chi connectivity index (χ3v) is 3.14. The van der Waals surface area contributed by atoms with Gasteiger partial charge in [-0.3, -0.25) is 4.79 Å². The second-order valence-electron chi connectivity index (χ2n) is 4.60. The van der Waals surface area contributed by atoms with Crippen LogP contribution in [0.3, 0.4) is 0 Å². The quantitative estimate of drug-likeness (QED) is 0.529. The predicted octanol–water partition coefficient (Wildman–Crippen LogP) is 3.92. The van der Waals surface area contributed by atoms with Gasteiger partial charge in [0, 0.05) is 18.8 Å². The number of carbonyl (C=O) groups excluding carboxylic acids is 2. The Bertz CT molecular complexity index is 205.